The summed E-state index contributed by atoms with van der Waals surface area (Å²) >= 11 is 1.45. The molecule has 0 fully saturated rings. The van der Waals surface area contributed by atoms with Crippen molar-refractivity contribution < 1.29 is 22.7 Å². The number of thioether (sulfide) groups is 1. The average molecular weight is 351 g/mol. The summed E-state index contributed by atoms with van der Waals surface area (Å²) in [6, 6.07) is 0. The van der Waals surface area contributed by atoms with E-state index >= 15 is 0 Å². The maximum absolute atomic E-state index is 11.9. The summed E-state index contributed by atoms with van der Waals surface area (Å²) in [6.45, 7) is 2.31. The average Bonchev–Trinajstić information content (AvgIpc) is 2.44. The Hall–Kier alpha value is -1.35. The van der Waals surface area contributed by atoms with Gasteiger partial charge in [-0.15, -0.1) is 0 Å². The van der Waals surface area contributed by atoms with Crippen molar-refractivity contribution in [3.63, 3.8) is 0 Å². The van der Waals surface area contributed by atoms with Crippen molar-refractivity contribution >= 4 is 17.7 Å². The molecule has 0 bridgehead atoms. The highest BCUT2D eigenvalue weighted by Gasteiger charge is 2.27. The van der Waals surface area contributed by atoms with Gasteiger partial charge in [-0.1, -0.05) is 11.8 Å². The molecule has 9 heteroatoms. The van der Waals surface area contributed by atoms with Gasteiger partial charge in [-0.05, 0) is 32.1 Å². The molecule has 0 saturated heterocycles. The predicted octanol–water partition coefficient (Wildman–Crippen LogP) is 2.44. The third-order valence-electron chi connectivity index (χ3n) is 3.02. The Morgan fingerprint density at radius 1 is 1.26 bits per heavy atom. The van der Waals surface area contributed by atoms with E-state index in [-0.39, 0.29) is 25.5 Å². The topological polar surface area (TPSA) is 64.1 Å². The second kappa shape index (κ2) is 9.07. The molecule has 0 aliphatic heterocycles. The number of carbonyl (C=O) groups is 1. The number of carbonyl (C=O) groups excluding carboxylic acids is 1. The second-order valence-electron chi connectivity index (χ2n) is 4.88. The molecule has 0 aromatic carbocycles. The van der Waals surface area contributed by atoms with Gasteiger partial charge in [0.2, 0.25) is 5.91 Å². The highest BCUT2D eigenvalue weighted by molar-refractivity contribution is 7.98. The first kappa shape index (κ1) is 19.7. The lowest BCUT2D eigenvalue weighted by molar-refractivity contribution is -0.173. The molecule has 1 rings (SSSR count). The van der Waals surface area contributed by atoms with Crippen molar-refractivity contribution in [2.75, 3.05) is 26.0 Å². The summed E-state index contributed by atoms with van der Waals surface area (Å²) in [5, 5.41) is 3.21. The summed E-state index contributed by atoms with van der Waals surface area (Å²) in [6.07, 6.45) is -1.74. The Bertz CT molecular complexity index is 515. The molecule has 0 saturated carbocycles. The number of ether oxygens (including phenoxy) is 1. The van der Waals surface area contributed by atoms with Gasteiger partial charge in [-0.3, -0.25) is 4.79 Å². The minimum Gasteiger partial charge on any atom is -0.370 e. The smallest absolute Gasteiger partial charge is 0.370 e. The number of aryl methyl sites for hydroxylation is 2. The number of hydrogen-bond donors (Lipinski definition) is 1. The molecule has 23 heavy (non-hydrogen) atoms. The van der Waals surface area contributed by atoms with Gasteiger partial charge < -0.3 is 10.1 Å². The summed E-state index contributed by atoms with van der Waals surface area (Å²) in [4.78, 5) is 20.4. The van der Waals surface area contributed by atoms with E-state index in [1.54, 1.807) is 0 Å². The number of nitrogens with one attached hydrogen (secondary N) is 1. The minimum absolute atomic E-state index is 0.0504. The number of halogens is 3. The molecule has 0 aliphatic rings. The highest BCUT2D eigenvalue weighted by atomic mass is 32.2. The van der Waals surface area contributed by atoms with Crippen molar-refractivity contribution in [1.82, 2.24) is 15.3 Å². The number of aromatic nitrogens is 2. The number of amides is 1. The van der Waals surface area contributed by atoms with Crippen LogP contribution in [0.2, 0.25) is 0 Å². The van der Waals surface area contributed by atoms with Crippen molar-refractivity contribution in [2.45, 2.75) is 38.0 Å². The molecule has 0 atom stereocenters. The van der Waals surface area contributed by atoms with Crippen molar-refractivity contribution in [3.05, 3.63) is 17.0 Å². The fourth-order valence-corrected chi connectivity index (χ4v) is 2.40. The second-order valence-corrected chi connectivity index (χ2v) is 5.65. The van der Waals surface area contributed by atoms with Crippen LogP contribution < -0.4 is 5.32 Å². The Labute approximate surface area is 137 Å². The van der Waals surface area contributed by atoms with E-state index in [0.717, 1.165) is 17.0 Å². The monoisotopic (exact) mass is 351 g/mol. The largest absolute Gasteiger partial charge is 0.411 e. The molecule has 1 N–H and O–H groups in total. The zero-order chi connectivity index (χ0) is 17.5. The van der Waals surface area contributed by atoms with Gasteiger partial charge in [0.05, 0.1) is 6.61 Å². The molecular weight excluding hydrogens is 331 g/mol. The molecule has 130 valence electrons. The molecular formula is C14H20F3N3O2S. The van der Waals surface area contributed by atoms with E-state index in [0.29, 0.717) is 11.6 Å². The van der Waals surface area contributed by atoms with Crippen LogP contribution in [-0.2, 0) is 16.0 Å². The van der Waals surface area contributed by atoms with Crippen LogP contribution in [0, 0.1) is 13.8 Å². The molecule has 0 spiro atoms. The van der Waals surface area contributed by atoms with Gasteiger partial charge in [-0.25, -0.2) is 9.97 Å². The summed E-state index contributed by atoms with van der Waals surface area (Å²) in [5.74, 6) is -0.242. The third kappa shape index (κ3) is 7.65. The van der Waals surface area contributed by atoms with Crippen LogP contribution >= 0.6 is 11.8 Å². The maximum Gasteiger partial charge on any atom is 0.411 e. The first-order valence-corrected chi connectivity index (χ1v) is 8.24. The van der Waals surface area contributed by atoms with Gasteiger partial charge in [0.1, 0.15) is 6.61 Å². The van der Waals surface area contributed by atoms with Gasteiger partial charge in [0, 0.05) is 24.4 Å². The predicted molar refractivity (Wildman–Crippen MR) is 81.5 cm³/mol. The fourth-order valence-electron chi connectivity index (χ4n) is 1.94. The zero-order valence-electron chi connectivity index (χ0n) is 13.3. The molecule has 0 radical (unpaired) electrons. The van der Waals surface area contributed by atoms with Crippen LogP contribution in [0.3, 0.4) is 0 Å². The number of hydrogen-bond acceptors (Lipinski definition) is 5. The van der Waals surface area contributed by atoms with E-state index in [4.69, 9.17) is 0 Å². The molecule has 1 aromatic heterocycles. The number of nitrogens with zero attached hydrogens (tertiary/aromatic N) is 2. The lowest BCUT2D eigenvalue weighted by atomic mass is 10.1. The molecule has 0 unspecified atom stereocenters. The zero-order valence-corrected chi connectivity index (χ0v) is 14.1. The maximum atomic E-state index is 11.9. The molecule has 1 aromatic rings. The van der Waals surface area contributed by atoms with Crippen molar-refractivity contribution in [3.8, 4) is 0 Å². The summed E-state index contributed by atoms with van der Waals surface area (Å²) < 4.78 is 40.0. The molecule has 0 aliphatic carbocycles. The summed E-state index contributed by atoms with van der Waals surface area (Å²) in [7, 11) is 0. The van der Waals surface area contributed by atoms with E-state index < -0.39 is 12.8 Å². The Kier molecular flexibility index (Phi) is 7.77. The molecule has 5 nitrogen and oxygen atoms in total. The van der Waals surface area contributed by atoms with Crippen LogP contribution in [-0.4, -0.2) is 48.1 Å². The van der Waals surface area contributed by atoms with E-state index in [9.17, 15) is 18.0 Å². The van der Waals surface area contributed by atoms with Crippen LogP contribution in [0.5, 0.6) is 0 Å². The van der Waals surface area contributed by atoms with Gasteiger partial charge in [-0.2, -0.15) is 13.2 Å². The van der Waals surface area contributed by atoms with E-state index in [2.05, 4.69) is 20.0 Å². The standard InChI is InChI=1S/C14H20F3N3O2S/c1-9-11(10(2)20-13(19-9)23-3)4-5-12(21)18-6-7-22-8-14(15,16)17/h4-8H2,1-3H3,(H,18,21). The molecule has 1 heterocycles. The van der Waals surface area contributed by atoms with Crippen LogP contribution in [0.25, 0.3) is 0 Å². The first-order valence-electron chi connectivity index (χ1n) is 7.02. The Morgan fingerprint density at radius 3 is 2.39 bits per heavy atom. The van der Waals surface area contributed by atoms with Crippen LogP contribution in [0.15, 0.2) is 5.16 Å². The van der Waals surface area contributed by atoms with Crippen LogP contribution in [0.1, 0.15) is 23.4 Å². The van der Waals surface area contributed by atoms with Gasteiger partial charge in [0.25, 0.3) is 0 Å². The SMILES string of the molecule is CSc1nc(C)c(CCC(=O)NCCOCC(F)(F)F)c(C)n1. The van der Waals surface area contributed by atoms with Crippen molar-refractivity contribution in [1.29, 1.82) is 0 Å². The summed E-state index contributed by atoms with van der Waals surface area (Å²) in [5.41, 5.74) is 2.59. The Balaban J connectivity index is 2.34. The number of rotatable bonds is 8. The lowest BCUT2D eigenvalue weighted by Crippen LogP contribution is -2.29. The normalized spacial score (nSPS) is 11.6. The fraction of sp³-hybridized carbons (Fsp3) is 0.643. The van der Waals surface area contributed by atoms with Crippen molar-refractivity contribution in [2.24, 2.45) is 0 Å². The number of alkyl halides is 3. The molecule has 1 amide bonds. The Morgan fingerprint density at radius 2 is 1.87 bits per heavy atom. The van der Waals surface area contributed by atoms with E-state index in [1.165, 1.54) is 11.8 Å². The quantitative estimate of drug-likeness (QED) is 0.443. The van der Waals surface area contributed by atoms with Gasteiger partial charge in [0.15, 0.2) is 5.16 Å². The lowest BCUT2D eigenvalue weighted by Gasteiger charge is -2.11. The first-order chi connectivity index (χ1) is 10.7. The van der Waals surface area contributed by atoms with E-state index in [1.807, 2.05) is 20.1 Å². The van der Waals surface area contributed by atoms with Gasteiger partial charge >= 0.3 is 6.18 Å². The minimum atomic E-state index is -4.35. The highest BCUT2D eigenvalue weighted by Crippen LogP contribution is 2.17. The third-order valence-corrected chi connectivity index (χ3v) is 3.57. The van der Waals surface area contributed by atoms with Crippen LogP contribution in [0.4, 0.5) is 13.2 Å².